The van der Waals surface area contributed by atoms with Gasteiger partial charge in [-0.05, 0) is 36.6 Å². The molecule has 1 aliphatic heterocycles. The maximum Gasteiger partial charge on any atom is 0.271 e. The topological polar surface area (TPSA) is 75.8 Å². The van der Waals surface area contributed by atoms with Crippen molar-refractivity contribution in [1.82, 2.24) is 13.8 Å². The second-order valence-corrected chi connectivity index (χ2v) is 9.45. The Kier molecular flexibility index (Phi) is 5.78. The first-order chi connectivity index (χ1) is 14.4. The zero-order chi connectivity index (χ0) is 21.1. The van der Waals surface area contributed by atoms with Crippen LogP contribution in [0.4, 0.5) is 0 Å². The van der Waals surface area contributed by atoms with E-state index in [9.17, 15) is 13.2 Å². The van der Waals surface area contributed by atoms with E-state index in [0.717, 1.165) is 18.4 Å². The van der Waals surface area contributed by atoms with Crippen LogP contribution in [-0.4, -0.2) is 41.2 Å². The Labute approximate surface area is 176 Å². The SMILES string of the molecule is Cn1cc(S(=O)(=O)N2CCCC2)cc1C(=O)N(Cc1ccccc1)Cc1ccco1. The molecular weight excluding hydrogens is 402 g/mol. The van der Waals surface area contributed by atoms with Crippen molar-refractivity contribution in [3.8, 4) is 0 Å². The van der Waals surface area contributed by atoms with E-state index < -0.39 is 10.0 Å². The first-order valence-electron chi connectivity index (χ1n) is 9.97. The van der Waals surface area contributed by atoms with Crippen molar-refractivity contribution < 1.29 is 17.6 Å². The van der Waals surface area contributed by atoms with Crippen molar-refractivity contribution in [3.05, 3.63) is 78.0 Å². The normalized spacial score (nSPS) is 14.8. The molecule has 4 rings (SSSR count). The third kappa shape index (κ3) is 4.20. The molecule has 0 atom stereocenters. The van der Waals surface area contributed by atoms with Gasteiger partial charge in [-0.3, -0.25) is 4.79 Å². The largest absolute Gasteiger partial charge is 0.467 e. The van der Waals surface area contributed by atoms with Crippen LogP contribution in [0.2, 0.25) is 0 Å². The molecule has 0 radical (unpaired) electrons. The predicted octanol–water partition coefficient (Wildman–Crippen LogP) is 3.25. The maximum atomic E-state index is 13.4. The number of carbonyl (C=O) groups excluding carboxylic acids is 1. The summed E-state index contributed by atoms with van der Waals surface area (Å²) in [6.07, 6.45) is 4.83. The average Bonchev–Trinajstić information content (AvgIpc) is 3.50. The highest BCUT2D eigenvalue weighted by molar-refractivity contribution is 7.89. The monoisotopic (exact) mass is 427 g/mol. The lowest BCUT2D eigenvalue weighted by molar-refractivity contribution is 0.0708. The standard InChI is InChI=1S/C22H25N3O4S/c1-23-17-20(30(27,28)25-11-5-6-12-25)14-21(23)22(26)24(16-19-10-7-13-29-19)15-18-8-3-2-4-9-18/h2-4,7-10,13-14,17H,5-6,11-12,15-16H2,1H3. The molecular formula is C22H25N3O4S. The van der Waals surface area contributed by atoms with Crippen LogP contribution >= 0.6 is 0 Å². The van der Waals surface area contributed by atoms with Crippen molar-refractivity contribution >= 4 is 15.9 Å². The van der Waals surface area contributed by atoms with Gasteiger partial charge in [-0.2, -0.15) is 4.31 Å². The van der Waals surface area contributed by atoms with E-state index in [1.165, 1.54) is 16.6 Å². The highest BCUT2D eigenvalue weighted by atomic mass is 32.2. The fourth-order valence-corrected chi connectivity index (χ4v) is 5.31. The number of carbonyl (C=O) groups is 1. The van der Waals surface area contributed by atoms with Gasteiger partial charge in [-0.1, -0.05) is 30.3 Å². The van der Waals surface area contributed by atoms with Crippen LogP contribution in [0.1, 0.15) is 34.7 Å². The molecule has 3 aromatic rings. The summed E-state index contributed by atoms with van der Waals surface area (Å²) >= 11 is 0. The Balaban J connectivity index is 1.63. The summed E-state index contributed by atoms with van der Waals surface area (Å²) in [5.74, 6) is 0.416. The molecule has 7 nitrogen and oxygen atoms in total. The molecule has 1 aromatic carbocycles. The third-order valence-electron chi connectivity index (χ3n) is 5.33. The van der Waals surface area contributed by atoms with Crippen LogP contribution in [0.25, 0.3) is 0 Å². The number of hydrogen-bond donors (Lipinski definition) is 0. The molecule has 0 saturated carbocycles. The van der Waals surface area contributed by atoms with E-state index in [1.54, 1.807) is 28.8 Å². The van der Waals surface area contributed by atoms with Crippen molar-refractivity contribution in [2.24, 2.45) is 7.05 Å². The van der Waals surface area contributed by atoms with E-state index in [4.69, 9.17) is 4.42 Å². The fraction of sp³-hybridized carbons (Fsp3) is 0.318. The number of sulfonamides is 1. The van der Waals surface area contributed by atoms with Crippen LogP contribution in [0.15, 0.2) is 70.3 Å². The Hall–Kier alpha value is -2.84. The molecule has 3 heterocycles. The Bertz CT molecular complexity index is 1100. The fourth-order valence-electron chi connectivity index (χ4n) is 3.72. The van der Waals surface area contributed by atoms with Gasteiger partial charge < -0.3 is 13.9 Å². The van der Waals surface area contributed by atoms with E-state index in [-0.39, 0.29) is 10.8 Å². The molecule has 30 heavy (non-hydrogen) atoms. The van der Waals surface area contributed by atoms with Gasteiger partial charge in [0.25, 0.3) is 5.91 Å². The molecule has 1 amide bonds. The van der Waals surface area contributed by atoms with Crippen molar-refractivity contribution in [3.63, 3.8) is 0 Å². The summed E-state index contributed by atoms with van der Waals surface area (Å²) in [7, 11) is -1.89. The van der Waals surface area contributed by atoms with Crippen molar-refractivity contribution in [2.75, 3.05) is 13.1 Å². The molecule has 158 valence electrons. The molecule has 0 spiro atoms. The van der Waals surface area contributed by atoms with Gasteiger partial charge in [0, 0.05) is 32.9 Å². The van der Waals surface area contributed by atoms with E-state index >= 15 is 0 Å². The van der Waals surface area contributed by atoms with Crippen LogP contribution in [0.3, 0.4) is 0 Å². The average molecular weight is 428 g/mol. The van der Waals surface area contributed by atoms with E-state index in [1.807, 2.05) is 36.4 Å². The number of nitrogens with zero attached hydrogens (tertiary/aromatic N) is 3. The molecule has 2 aromatic heterocycles. The molecule has 0 bridgehead atoms. The molecule has 0 N–H and O–H groups in total. The zero-order valence-electron chi connectivity index (χ0n) is 16.9. The highest BCUT2D eigenvalue weighted by Crippen LogP contribution is 2.24. The van der Waals surface area contributed by atoms with Crippen LogP contribution in [0, 0.1) is 0 Å². The summed E-state index contributed by atoms with van der Waals surface area (Å²) in [6.45, 7) is 1.73. The van der Waals surface area contributed by atoms with Crippen LogP contribution in [-0.2, 0) is 30.2 Å². The van der Waals surface area contributed by atoms with Crippen molar-refractivity contribution in [1.29, 1.82) is 0 Å². The van der Waals surface area contributed by atoms with Crippen molar-refractivity contribution in [2.45, 2.75) is 30.8 Å². The molecule has 1 aliphatic rings. The van der Waals surface area contributed by atoms with Gasteiger partial charge in [0.05, 0.1) is 12.8 Å². The Morgan fingerprint density at radius 3 is 2.47 bits per heavy atom. The summed E-state index contributed by atoms with van der Waals surface area (Å²) < 4.78 is 34.3. The number of hydrogen-bond acceptors (Lipinski definition) is 4. The second-order valence-electron chi connectivity index (χ2n) is 7.51. The first kappa shape index (κ1) is 20.4. The molecule has 0 aliphatic carbocycles. The summed E-state index contributed by atoms with van der Waals surface area (Å²) in [5.41, 5.74) is 1.31. The molecule has 8 heteroatoms. The van der Waals surface area contributed by atoms with Gasteiger partial charge in [0.15, 0.2) is 0 Å². The zero-order valence-corrected chi connectivity index (χ0v) is 17.7. The minimum absolute atomic E-state index is 0.160. The summed E-state index contributed by atoms with van der Waals surface area (Å²) in [5, 5.41) is 0. The predicted molar refractivity (Wildman–Crippen MR) is 112 cm³/mol. The summed E-state index contributed by atoms with van der Waals surface area (Å²) in [6, 6.07) is 14.8. The number of aromatic nitrogens is 1. The second kappa shape index (κ2) is 8.49. The van der Waals surface area contributed by atoms with Crippen LogP contribution < -0.4 is 0 Å². The number of rotatable bonds is 7. The number of amides is 1. The molecule has 1 fully saturated rings. The highest BCUT2D eigenvalue weighted by Gasteiger charge is 2.30. The number of aryl methyl sites for hydroxylation is 1. The minimum Gasteiger partial charge on any atom is -0.467 e. The molecule has 0 unspecified atom stereocenters. The number of benzene rings is 1. The third-order valence-corrected chi connectivity index (χ3v) is 7.20. The van der Waals surface area contributed by atoms with Gasteiger partial charge in [0.1, 0.15) is 16.3 Å². The first-order valence-corrected chi connectivity index (χ1v) is 11.4. The quantitative estimate of drug-likeness (QED) is 0.580. The lowest BCUT2D eigenvalue weighted by atomic mass is 10.2. The summed E-state index contributed by atoms with van der Waals surface area (Å²) in [4.78, 5) is 15.2. The molecule has 1 saturated heterocycles. The smallest absolute Gasteiger partial charge is 0.271 e. The maximum absolute atomic E-state index is 13.4. The van der Waals surface area contributed by atoms with Gasteiger partial charge in [-0.25, -0.2) is 8.42 Å². The van der Waals surface area contributed by atoms with Gasteiger partial charge >= 0.3 is 0 Å². The number of furan rings is 1. The lowest BCUT2D eigenvalue weighted by Gasteiger charge is -2.22. The Morgan fingerprint density at radius 2 is 1.80 bits per heavy atom. The van der Waals surface area contributed by atoms with Gasteiger partial charge in [0.2, 0.25) is 10.0 Å². The minimum atomic E-state index is -3.59. The Morgan fingerprint density at radius 1 is 1.07 bits per heavy atom. The van der Waals surface area contributed by atoms with Crippen LogP contribution in [0.5, 0.6) is 0 Å². The van der Waals surface area contributed by atoms with Gasteiger partial charge in [-0.15, -0.1) is 0 Å². The van der Waals surface area contributed by atoms with E-state index in [2.05, 4.69) is 0 Å². The lowest BCUT2D eigenvalue weighted by Crippen LogP contribution is -2.31. The van der Waals surface area contributed by atoms with E-state index in [0.29, 0.717) is 37.6 Å².